The highest BCUT2D eigenvalue weighted by atomic mass is 127. The smallest absolute Gasteiger partial charge is 0.191 e. The molecule has 0 saturated carbocycles. The highest BCUT2D eigenvalue weighted by Crippen LogP contribution is 2.13. The molecule has 0 aliphatic rings. The monoisotopic (exact) mass is 530 g/mol. The average Bonchev–Trinajstić information content (AvgIpc) is 3.29. The lowest BCUT2D eigenvalue weighted by molar-refractivity contribution is 0.790. The molecular weight excluding hydrogens is 507 g/mol. The molecule has 0 bridgehead atoms. The molecule has 6 nitrogen and oxygen atoms in total. The summed E-state index contributed by atoms with van der Waals surface area (Å²) in [4.78, 5) is 9.13. The van der Waals surface area contributed by atoms with Crippen LogP contribution in [0.3, 0.4) is 0 Å². The lowest BCUT2D eigenvalue weighted by Crippen LogP contribution is -2.38. The van der Waals surface area contributed by atoms with Gasteiger partial charge in [-0.1, -0.05) is 11.6 Å². The van der Waals surface area contributed by atoms with E-state index in [9.17, 15) is 0 Å². The molecule has 2 heterocycles. The average molecular weight is 531 g/mol. The molecule has 0 aliphatic heterocycles. The van der Waals surface area contributed by atoms with Gasteiger partial charge in [0.2, 0.25) is 0 Å². The van der Waals surface area contributed by atoms with E-state index in [-0.39, 0.29) is 24.0 Å². The van der Waals surface area contributed by atoms with E-state index >= 15 is 0 Å². The minimum atomic E-state index is 0. The van der Waals surface area contributed by atoms with E-state index in [1.54, 1.807) is 11.3 Å². The number of aryl methyl sites for hydroxylation is 1. The maximum atomic E-state index is 5.94. The van der Waals surface area contributed by atoms with Crippen LogP contribution in [0, 0.1) is 6.92 Å². The topological polar surface area (TPSA) is 67.1 Å². The van der Waals surface area contributed by atoms with E-state index in [0.717, 1.165) is 47.4 Å². The zero-order valence-corrected chi connectivity index (χ0v) is 19.8. The van der Waals surface area contributed by atoms with Gasteiger partial charge >= 0.3 is 0 Å². The van der Waals surface area contributed by atoms with Crippen molar-refractivity contribution in [3.63, 3.8) is 0 Å². The van der Waals surface area contributed by atoms with Gasteiger partial charge in [-0.3, -0.25) is 0 Å². The summed E-state index contributed by atoms with van der Waals surface area (Å²) in [5, 5.41) is 14.9. The highest BCUT2D eigenvalue weighted by Gasteiger charge is 2.03. The standard InChI is InChI=1S/C19H23ClN6S.HI/c1-3-21-19(22-9-8-17-13-27-14(2)25-17)23-10-15-11-24-26(12-15)18-6-4-16(20)5-7-18;/h4-7,11-13H,3,8-10H2,1-2H3,(H2,21,22,23);1H. The van der Waals surface area contributed by atoms with Gasteiger partial charge in [-0.2, -0.15) is 5.10 Å². The number of benzene rings is 1. The Morgan fingerprint density at radius 1 is 1.25 bits per heavy atom. The molecule has 0 saturated heterocycles. The van der Waals surface area contributed by atoms with Crippen molar-refractivity contribution in [1.82, 2.24) is 25.4 Å². The fraction of sp³-hybridized carbons (Fsp3) is 0.316. The maximum Gasteiger partial charge on any atom is 0.191 e. The van der Waals surface area contributed by atoms with Gasteiger partial charge in [0.1, 0.15) is 0 Å². The van der Waals surface area contributed by atoms with E-state index in [1.807, 2.05) is 48.3 Å². The first kappa shape index (κ1) is 22.6. The van der Waals surface area contributed by atoms with Gasteiger partial charge in [-0.05, 0) is 38.1 Å². The van der Waals surface area contributed by atoms with Gasteiger partial charge < -0.3 is 10.6 Å². The van der Waals surface area contributed by atoms with Crippen molar-refractivity contribution in [1.29, 1.82) is 0 Å². The Morgan fingerprint density at radius 3 is 2.71 bits per heavy atom. The number of rotatable bonds is 7. The van der Waals surface area contributed by atoms with E-state index in [0.29, 0.717) is 11.6 Å². The van der Waals surface area contributed by atoms with Crippen molar-refractivity contribution in [3.05, 3.63) is 63.3 Å². The van der Waals surface area contributed by atoms with Crippen molar-refractivity contribution < 1.29 is 0 Å². The van der Waals surface area contributed by atoms with E-state index in [4.69, 9.17) is 11.6 Å². The van der Waals surface area contributed by atoms with Crippen LogP contribution in [0.1, 0.15) is 23.2 Å². The molecule has 2 aromatic heterocycles. The van der Waals surface area contributed by atoms with E-state index in [2.05, 4.69) is 38.0 Å². The first-order valence-corrected chi connectivity index (χ1v) is 10.1. The Balaban J connectivity index is 0.00000280. The molecule has 0 fully saturated rings. The molecule has 28 heavy (non-hydrogen) atoms. The van der Waals surface area contributed by atoms with Crippen LogP contribution < -0.4 is 10.6 Å². The van der Waals surface area contributed by atoms with Gasteiger partial charge in [0.05, 0.1) is 29.1 Å². The van der Waals surface area contributed by atoms with Crippen LogP contribution in [0.4, 0.5) is 0 Å². The fourth-order valence-corrected chi connectivity index (χ4v) is 3.29. The molecule has 9 heteroatoms. The summed E-state index contributed by atoms with van der Waals surface area (Å²) in [5.41, 5.74) is 3.13. The summed E-state index contributed by atoms with van der Waals surface area (Å²) in [6.07, 6.45) is 4.69. The van der Waals surface area contributed by atoms with Gasteiger partial charge in [0.25, 0.3) is 0 Å². The summed E-state index contributed by atoms with van der Waals surface area (Å²) >= 11 is 7.62. The molecule has 0 aliphatic carbocycles. The van der Waals surface area contributed by atoms with Crippen LogP contribution in [-0.4, -0.2) is 33.8 Å². The Hall–Kier alpha value is -1.65. The summed E-state index contributed by atoms with van der Waals surface area (Å²) in [6.45, 7) is 6.24. The second-order valence-corrected chi connectivity index (χ2v) is 7.50. The molecular formula is C19H24ClIN6S. The van der Waals surface area contributed by atoms with Crippen LogP contribution in [0.25, 0.3) is 5.69 Å². The number of guanidine groups is 1. The molecule has 0 amide bonds. The SMILES string of the molecule is CCNC(=NCc1cnn(-c2ccc(Cl)cc2)c1)NCCc1csc(C)n1.I. The second kappa shape index (κ2) is 11.4. The number of nitrogens with one attached hydrogen (secondary N) is 2. The van der Waals surface area contributed by atoms with Gasteiger partial charge in [-0.25, -0.2) is 14.7 Å². The van der Waals surface area contributed by atoms with Crippen molar-refractivity contribution in [2.45, 2.75) is 26.8 Å². The summed E-state index contributed by atoms with van der Waals surface area (Å²) in [5.74, 6) is 0.795. The largest absolute Gasteiger partial charge is 0.357 e. The predicted octanol–water partition coefficient (Wildman–Crippen LogP) is 4.21. The van der Waals surface area contributed by atoms with E-state index < -0.39 is 0 Å². The zero-order valence-electron chi connectivity index (χ0n) is 15.9. The first-order chi connectivity index (χ1) is 13.1. The fourth-order valence-electron chi connectivity index (χ4n) is 2.52. The lowest BCUT2D eigenvalue weighted by atomic mass is 10.3. The van der Waals surface area contributed by atoms with Gasteiger partial charge in [0, 0.05) is 41.7 Å². The Kier molecular flexibility index (Phi) is 9.20. The number of nitrogens with zero attached hydrogens (tertiary/aromatic N) is 4. The third-order valence-electron chi connectivity index (χ3n) is 3.83. The Morgan fingerprint density at radius 2 is 2.04 bits per heavy atom. The van der Waals surface area contributed by atoms with Crippen molar-refractivity contribution >= 4 is 52.9 Å². The van der Waals surface area contributed by atoms with Gasteiger partial charge in [-0.15, -0.1) is 35.3 Å². The Bertz CT molecular complexity index is 890. The summed E-state index contributed by atoms with van der Waals surface area (Å²) < 4.78 is 1.83. The number of hydrogen-bond donors (Lipinski definition) is 2. The third-order valence-corrected chi connectivity index (χ3v) is 4.91. The second-order valence-electron chi connectivity index (χ2n) is 6.00. The summed E-state index contributed by atoms with van der Waals surface area (Å²) in [6, 6.07) is 7.59. The molecule has 0 atom stereocenters. The molecule has 3 rings (SSSR count). The molecule has 0 unspecified atom stereocenters. The van der Waals surface area contributed by atoms with Crippen LogP contribution in [0.5, 0.6) is 0 Å². The van der Waals surface area contributed by atoms with Crippen LogP contribution in [0.15, 0.2) is 47.0 Å². The molecule has 0 radical (unpaired) electrons. The van der Waals surface area contributed by atoms with Gasteiger partial charge in [0.15, 0.2) is 5.96 Å². The van der Waals surface area contributed by atoms with Crippen LogP contribution in [-0.2, 0) is 13.0 Å². The predicted molar refractivity (Wildman–Crippen MR) is 127 cm³/mol. The number of thiazole rings is 1. The molecule has 3 aromatic rings. The molecule has 2 N–H and O–H groups in total. The molecule has 150 valence electrons. The molecule has 0 spiro atoms. The number of hydrogen-bond acceptors (Lipinski definition) is 4. The number of aromatic nitrogens is 3. The van der Waals surface area contributed by atoms with Crippen molar-refractivity contribution in [2.24, 2.45) is 4.99 Å². The molecule has 1 aromatic carbocycles. The minimum Gasteiger partial charge on any atom is -0.357 e. The quantitative estimate of drug-likeness (QED) is 0.273. The first-order valence-electron chi connectivity index (χ1n) is 8.86. The van der Waals surface area contributed by atoms with Crippen LogP contribution in [0.2, 0.25) is 5.02 Å². The normalized spacial score (nSPS) is 11.2. The number of aliphatic imine (C=N–C) groups is 1. The van der Waals surface area contributed by atoms with E-state index in [1.165, 1.54) is 0 Å². The maximum absolute atomic E-state index is 5.94. The minimum absolute atomic E-state index is 0. The summed E-state index contributed by atoms with van der Waals surface area (Å²) in [7, 11) is 0. The zero-order chi connectivity index (χ0) is 19.1. The third kappa shape index (κ3) is 6.75. The number of halogens is 2. The highest BCUT2D eigenvalue weighted by molar-refractivity contribution is 14.0. The van der Waals surface area contributed by atoms with Crippen molar-refractivity contribution in [2.75, 3.05) is 13.1 Å². The lowest BCUT2D eigenvalue weighted by Gasteiger charge is -2.10. The van der Waals surface area contributed by atoms with Crippen molar-refractivity contribution in [3.8, 4) is 5.69 Å². The van der Waals surface area contributed by atoms with Crippen LogP contribution >= 0.6 is 46.9 Å². The Labute approximate surface area is 191 Å².